The zero-order chi connectivity index (χ0) is 16.9. The second-order valence-corrected chi connectivity index (χ2v) is 6.08. The summed E-state index contributed by atoms with van der Waals surface area (Å²) in [5.41, 5.74) is 2.15. The number of amidine groups is 1. The number of hydrogen-bond acceptors (Lipinski definition) is 2. The Balaban J connectivity index is 1.68. The molecule has 119 valence electrons. The van der Waals surface area contributed by atoms with Crippen molar-refractivity contribution in [1.29, 1.82) is 0 Å². The summed E-state index contributed by atoms with van der Waals surface area (Å²) in [6.45, 7) is 0. The van der Waals surface area contributed by atoms with Crippen molar-refractivity contribution >= 4 is 32.3 Å². The molecule has 24 heavy (non-hydrogen) atoms. The Labute approximate surface area is 147 Å². The van der Waals surface area contributed by atoms with Crippen LogP contribution in [0.4, 0.5) is 10.1 Å². The Kier molecular flexibility index (Phi) is 5.04. The molecule has 0 aliphatic heterocycles. The Hall–Kier alpha value is -2.49. The number of aliphatic imine (C=N–C) groups is 1. The fourth-order valence-corrected chi connectivity index (χ4v) is 2.79. The first-order chi connectivity index (χ1) is 11.6. The first-order valence-corrected chi connectivity index (χ1v) is 8.25. The standard InChI is InChI=1S/C19H14FN2OSe/c20-16-7-3-6-15(12-16)18(23)22-19(24)21-17-10-8-14(9-11-17)13-4-1-2-5-13/h1-13H,(H,21,22,23). The van der Waals surface area contributed by atoms with E-state index in [1.54, 1.807) is 6.07 Å². The van der Waals surface area contributed by atoms with Gasteiger partial charge in [-0.2, -0.15) is 0 Å². The van der Waals surface area contributed by atoms with E-state index in [9.17, 15) is 9.18 Å². The van der Waals surface area contributed by atoms with Crippen molar-refractivity contribution in [3.05, 3.63) is 89.8 Å². The zero-order valence-corrected chi connectivity index (χ0v) is 14.4. The van der Waals surface area contributed by atoms with E-state index in [1.165, 1.54) is 23.8 Å². The van der Waals surface area contributed by atoms with Gasteiger partial charge in [0.05, 0.1) is 0 Å². The molecule has 0 fully saturated rings. The van der Waals surface area contributed by atoms with E-state index in [1.807, 2.05) is 36.4 Å². The Morgan fingerprint density at radius 2 is 1.79 bits per heavy atom. The molecule has 0 heterocycles. The van der Waals surface area contributed by atoms with E-state index in [0.29, 0.717) is 10.7 Å². The van der Waals surface area contributed by atoms with Gasteiger partial charge in [-0.05, 0) is 0 Å². The Bertz CT molecular complexity index is 829. The molecule has 5 heteroatoms. The summed E-state index contributed by atoms with van der Waals surface area (Å²) in [6.07, 6.45) is 8.29. The summed E-state index contributed by atoms with van der Waals surface area (Å²) in [4.78, 5) is 16.3. The van der Waals surface area contributed by atoms with Crippen LogP contribution in [0.1, 0.15) is 21.8 Å². The molecule has 2 aromatic carbocycles. The van der Waals surface area contributed by atoms with Crippen LogP contribution in [0.15, 0.2) is 77.8 Å². The number of hydrogen-bond donors (Lipinski definition) is 1. The van der Waals surface area contributed by atoms with Gasteiger partial charge in [-0.3, -0.25) is 0 Å². The normalized spacial score (nSPS) is 14.1. The fourth-order valence-electron chi connectivity index (χ4n) is 2.37. The molecule has 0 saturated carbocycles. The van der Waals surface area contributed by atoms with Crippen LogP contribution in [0.2, 0.25) is 0 Å². The minimum absolute atomic E-state index is 0.244. The number of halogens is 1. The fraction of sp³-hybridized carbons (Fsp3) is 0.0526. The number of nitrogens with zero attached hydrogens (tertiary/aromatic N) is 1. The molecule has 1 aliphatic rings. The molecule has 0 aromatic heterocycles. The van der Waals surface area contributed by atoms with Gasteiger partial charge < -0.3 is 0 Å². The molecule has 1 aliphatic carbocycles. The van der Waals surface area contributed by atoms with Crippen molar-refractivity contribution in [3.8, 4) is 0 Å². The first kappa shape index (κ1) is 16.4. The maximum absolute atomic E-state index is 13.2. The number of benzene rings is 2. The van der Waals surface area contributed by atoms with Crippen LogP contribution in [-0.2, 0) is 0 Å². The van der Waals surface area contributed by atoms with Crippen LogP contribution < -0.4 is 5.32 Å². The summed E-state index contributed by atoms with van der Waals surface area (Å²) in [7, 11) is 0. The molecular weight excluding hydrogens is 370 g/mol. The van der Waals surface area contributed by atoms with E-state index in [0.717, 1.165) is 5.69 Å². The summed E-state index contributed by atoms with van der Waals surface area (Å²) in [5.74, 6) is -0.556. The van der Waals surface area contributed by atoms with Gasteiger partial charge in [0.25, 0.3) is 0 Å². The number of carbonyl (C=O) groups excluding carboxylic acids is 1. The van der Waals surface area contributed by atoms with Crippen molar-refractivity contribution in [1.82, 2.24) is 5.32 Å². The summed E-state index contributed by atoms with van der Waals surface area (Å²) >= 11 is 2.71. The monoisotopic (exact) mass is 385 g/mol. The number of nitrogens with one attached hydrogen (secondary N) is 1. The van der Waals surface area contributed by atoms with E-state index in [4.69, 9.17) is 0 Å². The molecule has 2 aromatic rings. The predicted molar refractivity (Wildman–Crippen MR) is 94.2 cm³/mol. The van der Waals surface area contributed by atoms with Gasteiger partial charge >= 0.3 is 148 Å². The molecule has 0 spiro atoms. The first-order valence-electron chi connectivity index (χ1n) is 7.39. The minimum atomic E-state index is -0.452. The number of allylic oxidation sites excluding steroid dienone is 4. The molecule has 0 unspecified atom stereocenters. The molecule has 3 nitrogen and oxygen atoms in total. The Morgan fingerprint density at radius 1 is 1.08 bits per heavy atom. The molecule has 3 rings (SSSR count). The van der Waals surface area contributed by atoms with Crippen LogP contribution in [0.25, 0.3) is 0 Å². The third-order valence-corrected chi connectivity index (χ3v) is 3.97. The van der Waals surface area contributed by atoms with Crippen LogP contribution in [0.5, 0.6) is 0 Å². The number of carbonyl (C=O) groups is 1. The van der Waals surface area contributed by atoms with Gasteiger partial charge in [0.2, 0.25) is 0 Å². The summed E-state index contributed by atoms with van der Waals surface area (Å²) in [5, 5.41) is 2.61. The average Bonchev–Trinajstić information content (AvgIpc) is 3.10. The Morgan fingerprint density at radius 3 is 2.46 bits per heavy atom. The van der Waals surface area contributed by atoms with E-state index >= 15 is 0 Å². The van der Waals surface area contributed by atoms with Gasteiger partial charge in [-0.15, -0.1) is 0 Å². The van der Waals surface area contributed by atoms with Crippen molar-refractivity contribution in [3.63, 3.8) is 0 Å². The van der Waals surface area contributed by atoms with Crippen LogP contribution in [0, 0.1) is 5.82 Å². The predicted octanol–water partition coefficient (Wildman–Crippen LogP) is 3.62. The van der Waals surface area contributed by atoms with E-state index in [-0.39, 0.29) is 5.56 Å². The molecule has 0 saturated heterocycles. The summed E-state index contributed by atoms with van der Waals surface area (Å²) in [6, 6.07) is 13.3. The quantitative estimate of drug-likeness (QED) is 0.490. The van der Waals surface area contributed by atoms with Gasteiger partial charge in [-0.1, -0.05) is 0 Å². The molecule has 1 radical (unpaired) electrons. The second-order valence-electron chi connectivity index (χ2n) is 5.27. The average molecular weight is 384 g/mol. The molecule has 0 atom stereocenters. The molecular formula is C19H14FN2OSe. The third kappa shape index (κ3) is 4.07. The topological polar surface area (TPSA) is 41.5 Å². The van der Waals surface area contributed by atoms with Gasteiger partial charge in [0.15, 0.2) is 0 Å². The van der Waals surface area contributed by atoms with Gasteiger partial charge in [-0.25, -0.2) is 0 Å². The van der Waals surface area contributed by atoms with Gasteiger partial charge in [0.1, 0.15) is 0 Å². The van der Waals surface area contributed by atoms with Crippen molar-refractivity contribution in [2.24, 2.45) is 4.99 Å². The van der Waals surface area contributed by atoms with Crippen LogP contribution in [-0.4, -0.2) is 26.7 Å². The van der Waals surface area contributed by atoms with E-state index in [2.05, 4.69) is 38.5 Å². The molecule has 0 bridgehead atoms. The summed E-state index contributed by atoms with van der Waals surface area (Å²) < 4.78 is 13.5. The van der Waals surface area contributed by atoms with Gasteiger partial charge in [0, 0.05) is 0 Å². The zero-order valence-electron chi connectivity index (χ0n) is 12.6. The maximum atomic E-state index is 13.2. The molecule has 1 amide bonds. The number of rotatable bonds is 3. The SMILES string of the molecule is O=C(NC([Se])=Nc1ccc(C2C=CC=C2)cc1)c1cccc(F)c1. The van der Waals surface area contributed by atoms with Crippen molar-refractivity contribution in [2.45, 2.75) is 5.92 Å². The second kappa shape index (κ2) is 7.39. The van der Waals surface area contributed by atoms with Crippen LogP contribution >= 0.6 is 0 Å². The van der Waals surface area contributed by atoms with Crippen molar-refractivity contribution < 1.29 is 9.18 Å². The van der Waals surface area contributed by atoms with Crippen LogP contribution in [0.3, 0.4) is 0 Å². The molecule has 1 N–H and O–H groups in total. The third-order valence-electron chi connectivity index (χ3n) is 3.56. The number of amides is 1. The van der Waals surface area contributed by atoms with E-state index < -0.39 is 11.7 Å². The van der Waals surface area contributed by atoms with Crippen molar-refractivity contribution in [2.75, 3.05) is 0 Å².